The van der Waals surface area contributed by atoms with E-state index in [1.807, 2.05) is 24.3 Å². The minimum absolute atomic E-state index is 0.0779. The van der Waals surface area contributed by atoms with Crippen molar-refractivity contribution in [3.05, 3.63) is 35.4 Å². The first-order valence-corrected chi connectivity index (χ1v) is 5.32. The highest BCUT2D eigenvalue weighted by atomic mass is 16.2. The number of amides is 2. The number of benzene rings is 1. The van der Waals surface area contributed by atoms with Gasteiger partial charge in [0, 0.05) is 25.6 Å². The standard InChI is InChI=1S/C13H16N2O2/c1-15(13(14)17)10-12-7-5-11(6-8-12)4-2-3-9-16/h5-8,16H,3,9-10H2,1H3,(H2,14,17). The van der Waals surface area contributed by atoms with Crippen LogP contribution in [0.25, 0.3) is 0 Å². The Hall–Kier alpha value is -1.99. The molecule has 0 aliphatic heterocycles. The van der Waals surface area contributed by atoms with Crippen LogP contribution in [0.1, 0.15) is 17.5 Å². The molecule has 1 aromatic rings. The maximum Gasteiger partial charge on any atom is 0.314 e. The predicted octanol–water partition coefficient (Wildman–Crippen LogP) is 0.931. The van der Waals surface area contributed by atoms with Gasteiger partial charge < -0.3 is 15.7 Å². The van der Waals surface area contributed by atoms with Crippen molar-refractivity contribution in [3.63, 3.8) is 0 Å². The number of rotatable bonds is 3. The second-order valence-electron chi connectivity index (χ2n) is 3.67. The van der Waals surface area contributed by atoms with E-state index in [0.29, 0.717) is 13.0 Å². The van der Waals surface area contributed by atoms with Gasteiger partial charge in [0.2, 0.25) is 0 Å². The lowest BCUT2D eigenvalue weighted by atomic mass is 10.1. The topological polar surface area (TPSA) is 66.6 Å². The molecule has 0 radical (unpaired) electrons. The smallest absolute Gasteiger partial charge is 0.314 e. The lowest BCUT2D eigenvalue weighted by molar-refractivity contribution is 0.216. The first-order chi connectivity index (χ1) is 8.13. The van der Waals surface area contributed by atoms with Crippen LogP contribution >= 0.6 is 0 Å². The second-order valence-corrected chi connectivity index (χ2v) is 3.67. The average molecular weight is 232 g/mol. The largest absolute Gasteiger partial charge is 0.395 e. The number of nitrogens with two attached hydrogens (primary N) is 1. The van der Waals surface area contributed by atoms with Gasteiger partial charge in [-0.2, -0.15) is 0 Å². The molecule has 0 saturated carbocycles. The van der Waals surface area contributed by atoms with Crippen molar-refractivity contribution in [1.29, 1.82) is 0 Å². The summed E-state index contributed by atoms with van der Waals surface area (Å²) in [5.41, 5.74) is 7.03. The van der Waals surface area contributed by atoms with E-state index in [1.54, 1.807) is 7.05 Å². The highest BCUT2D eigenvalue weighted by molar-refractivity contribution is 5.71. The van der Waals surface area contributed by atoms with Crippen molar-refractivity contribution in [3.8, 4) is 11.8 Å². The number of hydrogen-bond acceptors (Lipinski definition) is 2. The fourth-order valence-electron chi connectivity index (χ4n) is 1.27. The number of aliphatic hydroxyl groups is 1. The van der Waals surface area contributed by atoms with Gasteiger partial charge in [-0.05, 0) is 17.7 Å². The summed E-state index contributed by atoms with van der Waals surface area (Å²) in [4.78, 5) is 12.3. The number of primary amides is 1. The van der Waals surface area contributed by atoms with E-state index in [-0.39, 0.29) is 6.61 Å². The van der Waals surface area contributed by atoms with Gasteiger partial charge in [-0.3, -0.25) is 0 Å². The summed E-state index contributed by atoms with van der Waals surface area (Å²) in [6.45, 7) is 0.564. The summed E-state index contributed by atoms with van der Waals surface area (Å²) in [7, 11) is 1.65. The Morgan fingerprint density at radius 1 is 1.41 bits per heavy atom. The third-order valence-electron chi connectivity index (χ3n) is 2.22. The third-order valence-corrected chi connectivity index (χ3v) is 2.22. The SMILES string of the molecule is CN(Cc1ccc(C#CCCO)cc1)C(N)=O. The van der Waals surface area contributed by atoms with E-state index >= 15 is 0 Å². The van der Waals surface area contributed by atoms with Crippen molar-refractivity contribution in [2.75, 3.05) is 13.7 Å². The first kappa shape index (κ1) is 13.1. The molecule has 0 fully saturated rings. The van der Waals surface area contributed by atoms with Crippen molar-refractivity contribution in [1.82, 2.24) is 4.90 Å². The number of carbonyl (C=O) groups excluding carboxylic acids is 1. The van der Waals surface area contributed by atoms with E-state index < -0.39 is 6.03 Å². The van der Waals surface area contributed by atoms with Gasteiger partial charge >= 0.3 is 6.03 Å². The molecular weight excluding hydrogens is 216 g/mol. The summed E-state index contributed by atoms with van der Waals surface area (Å²) in [6, 6.07) is 7.13. The monoisotopic (exact) mass is 232 g/mol. The van der Waals surface area contributed by atoms with E-state index in [4.69, 9.17) is 10.8 Å². The van der Waals surface area contributed by atoms with Crippen LogP contribution in [-0.2, 0) is 6.54 Å². The molecule has 0 atom stereocenters. The lowest BCUT2D eigenvalue weighted by Gasteiger charge is -2.13. The van der Waals surface area contributed by atoms with Gasteiger partial charge in [0.1, 0.15) is 0 Å². The number of aliphatic hydroxyl groups excluding tert-OH is 1. The molecule has 4 nitrogen and oxygen atoms in total. The Morgan fingerprint density at radius 2 is 2.06 bits per heavy atom. The van der Waals surface area contributed by atoms with Crippen LogP contribution in [0.15, 0.2) is 24.3 Å². The normalized spacial score (nSPS) is 9.29. The third kappa shape index (κ3) is 4.58. The predicted molar refractivity (Wildman–Crippen MR) is 66.1 cm³/mol. The molecule has 0 aromatic heterocycles. The lowest BCUT2D eigenvalue weighted by Crippen LogP contribution is -2.31. The molecule has 90 valence electrons. The van der Waals surface area contributed by atoms with Crippen molar-refractivity contribution >= 4 is 6.03 Å². The van der Waals surface area contributed by atoms with Gasteiger partial charge in [-0.25, -0.2) is 4.79 Å². The average Bonchev–Trinajstić information content (AvgIpc) is 2.31. The highest BCUT2D eigenvalue weighted by Crippen LogP contribution is 2.05. The van der Waals surface area contributed by atoms with Gasteiger partial charge in [-0.15, -0.1) is 0 Å². The molecule has 4 heteroatoms. The Labute approximate surface area is 101 Å². The molecule has 2 amide bonds. The van der Waals surface area contributed by atoms with E-state index in [1.165, 1.54) is 4.90 Å². The van der Waals surface area contributed by atoms with Crippen LogP contribution in [-0.4, -0.2) is 29.7 Å². The van der Waals surface area contributed by atoms with E-state index in [2.05, 4.69) is 11.8 Å². The summed E-state index contributed by atoms with van der Waals surface area (Å²) >= 11 is 0. The minimum Gasteiger partial charge on any atom is -0.395 e. The van der Waals surface area contributed by atoms with Crippen LogP contribution in [0.3, 0.4) is 0 Å². The Balaban J connectivity index is 2.63. The molecule has 17 heavy (non-hydrogen) atoms. The van der Waals surface area contributed by atoms with Crippen molar-refractivity contribution in [2.45, 2.75) is 13.0 Å². The number of nitrogens with zero attached hydrogens (tertiary/aromatic N) is 1. The van der Waals surface area contributed by atoms with Gasteiger partial charge in [0.15, 0.2) is 0 Å². The number of urea groups is 1. The van der Waals surface area contributed by atoms with Crippen LogP contribution < -0.4 is 5.73 Å². The van der Waals surface area contributed by atoms with Crippen molar-refractivity contribution < 1.29 is 9.90 Å². The number of hydrogen-bond donors (Lipinski definition) is 2. The quantitative estimate of drug-likeness (QED) is 0.761. The summed E-state index contributed by atoms with van der Waals surface area (Å²) in [6.07, 6.45) is 0.478. The Kier molecular flexibility index (Phi) is 5.05. The Morgan fingerprint density at radius 3 is 2.59 bits per heavy atom. The fourth-order valence-corrected chi connectivity index (χ4v) is 1.27. The van der Waals surface area contributed by atoms with Crippen molar-refractivity contribution in [2.24, 2.45) is 5.73 Å². The second kappa shape index (κ2) is 6.56. The van der Waals surface area contributed by atoms with Crippen LogP contribution in [0.4, 0.5) is 4.79 Å². The Bertz CT molecular complexity index is 429. The molecule has 0 saturated heterocycles. The summed E-state index contributed by atoms with van der Waals surface area (Å²) < 4.78 is 0. The van der Waals surface area contributed by atoms with Crippen LogP contribution in [0, 0.1) is 11.8 Å². The van der Waals surface area contributed by atoms with Gasteiger partial charge in [-0.1, -0.05) is 24.0 Å². The molecule has 0 heterocycles. The van der Waals surface area contributed by atoms with Crippen LogP contribution in [0.5, 0.6) is 0 Å². The molecule has 0 aliphatic carbocycles. The number of carbonyl (C=O) groups is 1. The molecule has 0 aliphatic rings. The molecule has 0 unspecified atom stereocenters. The molecule has 3 N–H and O–H groups in total. The molecular formula is C13H16N2O2. The summed E-state index contributed by atoms with van der Waals surface area (Å²) in [5, 5.41) is 8.59. The maximum atomic E-state index is 10.8. The minimum atomic E-state index is -0.447. The van der Waals surface area contributed by atoms with Gasteiger partial charge in [0.25, 0.3) is 0 Å². The van der Waals surface area contributed by atoms with E-state index in [9.17, 15) is 4.79 Å². The maximum absolute atomic E-state index is 10.8. The van der Waals surface area contributed by atoms with Gasteiger partial charge in [0.05, 0.1) is 6.61 Å². The molecule has 1 rings (SSSR count). The highest BCUT2D eigenvalue weighted by Gasteiger charge is 2.03. The van der Waals surface area contributed by atoms with E-state index in [0.717, 1.165) is 11.1 Å². The molecule has 0 bridgehead atoms. The zero-order chi connectivity index (χ0) is 12.7. The summed E-state index contributed by atoms with van der Waals surface area (Å²) in [5.74, 6) is 5.78. The zero-order valence-corrected chi connectivity index (χ0v) is 9.81. The molecule has 0 spiro atoms. The molecule has 1 aromatic carbocycles. The first-order valence-electron chi connectivity index (χ1n) is 5.32. The zero-order valence-electron chi connectivity index (χ0n) is 9.81. The fraction of sp³-hybridized carbons (Fsp3) is 0.308. The van der Waals surface area contributed by atoms with Crippen LogP contribution in [0.2, 0.25) is 0 Å².